The molecular weight excluding hydrogens is 148 g/mol. The molecule has 62 valence electrons. The molecule has 0 atom stereocenters. The average Bonchev–Trinajstić information content (AvgIpc) is 2.54. The first-order chi connectivity index (χ1) is 5.86. The molecule has 1 aliphatic rings. The van der Waals surface area contributed by atoms with E-state index in [0.717, 1.165) is 12.8 Å². The topological polar surface area (TPSA) is 17.8 Å². The first-order valence-electron chi connectivity index (χ1n) is 4.24. The lowest BCUT2D eigenvalue weighted by atomic mass is 10.1. The second kappa shape index (κ2) is 2.97. The molecule has 1 aromatic rings. The molecule has 0 fully saturated rings. The minimum absolute atomic E-state index is 1.13. The predicted octanol–water partition coefficient (Wildman–Crippen LogP) is 2.38. The molecule has 2 nitrogen and oxygen atoms in total. The Bertz CT molecular complexity index is 331. The fourth-order valence-electron chi connectivity index (χ4n) is 1.32. The van der Waals surface area contributed by atoms with Gasteiger partial charge in [-0.2, -0.15) is 5.10 Å². The fraction of sp³-hybridized carbons (Fsp3) is 0.300. The van der Waals surface area contributed by atoms with Crippen LogP contribution in [0.5, 0.6) is 0 Å². The van der Waals surface area contributed by atoms with Crippen molar-refractivity contribution in [1.82, 2.24) is 9.78 Å². The Labute approximate surface area is 72.2 Å². The summed E-state index contributed by atoms with van der Waals surface area (Å²) in [6, 6.07) is 0. The molecule has 0 spiro atoms. The van der Waals surface area contributed by atoms with Gasteiger partial charge in [0, 0.05) is 6.20 Å². The number of aryl methyl sites for hydroxylation is 1. The molecule has 1 heterocycles. The number of allylic oxidation sites excluding steroid dienone is 4. The van der Waals surface area contributed by atoms with Crippen molar-refractivity contribution in [2.24, 2.45) is 0 Å². The van der Waals surface area contributed by atoms with Crippen LogP contribution in [0.3, 0.4) is 0 Å². The highest BCUT2D eigenvalue weighted by Gasteiger charge is 2.00. The molecule has 1 aromatic heterocycles. The van der Waals surface area contributed by atoms with Crippen LogP contribution in [-0.2, 0) is 0 Å². The molecule has 12 heavy (non-hydrogen) atoms. The summed E-state index contributed by atoms with van der Waals surface area (Å²) in [4.78, 5) is 0. The molecular formula is C10H12N2. The molecule has 0 aromatic carbocycles. The fourth-order valence-corrected chi connectivity index (χ4v) is 1.32. The van der Waals surface area contributed by atoms with Gasteiger partial charge in [-0.3, -0.25) is 0 Å². The largest absolute Gasteiger partial charge is 0.241 e. The van der Waals surface area contributed by atoms with Gasteiger partial charge < -0.3 is 0 Å². The Hall–Kier alpha value is -1.31. The van der Waals surface area contributed by atoms with E-state index in [9.17, 15) is 0 Å². The lowest BCUT2D eigenvalue weighted by Crippen LogP contribution is -1.96. The first-order valence-corrected chi connectivity index (χ1v) is 4.24. The van der Waals surface area contributed by atoms with Crippen LogP contribution in [0.25, 0.3) is 5.70 Å². The molecule has 0 unspecified atom stereocenters. The molecule has 0 amide bonds. The molecule has 0 aliphatic heterocycles. The van der Waals surface area contributed by atoms with Crippen LogP contribution < -0.4 is 0 Å². The molecule has 0 saturated carbocycles. The number of rotatable bonds is 1. The summed E-state index contributed by atoms with van der Waals surface area (Å²) in [6.45, 7) is 2.05. The average molecular weight is 160 g/mol. The van der Waals surface area contributed by atoms with E-state index in [0.29, 0.717) is 0 Å². The van der Waals surface area contributed by atoms with Crippen LogP contribution in [0.15, 0.2) is 30.6 Å². The Morgan fingerprint density at radius 3 is 2.92 bits per heavy atom. The molecule has 2 rings (SSSR count). The summed E-state index contributed by atoms with van der Waals surface area (Å²) >= 11 is 0. The second-order valence-electron chi connectivity index (χ2n) is 3.07. The van der Waals surface area contributed by atoms with Crippen LogP contribution in [0.1, 0.15) is 18.4 Å². The third kappa shape index (κ3) is 1.33. The Kier molecular flexibility index (Phi) is 1.82. The third-order valence-electron chi connectivity index (χ3n) is 1.95. The zero-order valence-corrected chi connectivity index (χ0v) is 7.20. The number of hydrogen-bond acceptors (Lipinski definition) is 1. The van der Waals surface area contributed by atoms with Gasteiger partial charge in [0.1, 0.15) is 0 Å². The van der Waals surface area contributed by atoms with Gasteiger partial charge in [0.2, 0.25) is 0 Å². The van der Waals surface area contributed by atoms with E-state index in [1.807, 2.05) is 17.1 Å². The SMILES string of the molecule is Cc1cnn(C2=CCCC=C2)c1. The maximum atomic E-state index is 4.24. The predicted molar refractivity (Wildman–Crippen MR) is 49.6 cm³/mol. The third-order valence-corrected chi connectivity index (χ3v) is 1.95. The van der Waals surface area contributed by atoms with E-state index in [4.69, 9.17) is 0 Å². The van der Waals surface area contributed by atoms with Gasteiger partial charge in [0.15, 0.2) is 0 Å². The summed E-state index contributed by atoms with van der Waals surface area (Å²) in [5, 5.41) is 4.24. The maximum Gasteiger partial charge on any atom is 0.0602 e. The highest BCUT2D eigenvalue weighted by molar-refractivity contribution is 5.57. The van der Waals surface area contributed by atoms with Gasteiger partial charge in [0.25, 0.3) is 0 Å². The van der Waals surface area contributed by atoms with Gasteiger partial charge in [-0.1, -0.05) is 12.2 Å². The van der Waals surface area contributed by atoms with E-state index in [-0.39, 0.29) is 0 Å². The monoisotopic (exact) mass is 160 g/mol. The van der Waals surface area contributed by atoms with Crippen LogP contribution in [-0.4, -0.2) is 9.78 Å². The van der Waals surface area contributed by atoms with Crippen molar-refractivity contribution in [2.45, 2.75) is 19.8 Å². The first kappa shape index (κ1) is 7.35. The summed E-state index contributed by atoms with van der Waals surface area (Å²) in [5.41, 5.74) is 2.39. The Balaban J connectivity index is 2.30. The quantitative estimate of drug-likeness (QED) is 0.616. The lowest BCUT2D eigenvalue weighted by Gasteiger charge is -2.05. The van der Waals surface area contributed by atoms with Crippen molar-refractivity contribution in [2.75, 3.05) is 0 Å². The summed E-state index contributed by atoms with van der Waals surface area (Å²) in [6.07, 6.45) is 12.7. The Morgan fingerprint density at radius 2 is 2.33 bits per heavy atom. The van der Waals surface area contributed by atoms with Crippen LogP contribution >= 0.6 is 0 Å². The van der Waals surface area contributed by atoms with Crippen LogP contribution in [0, 0.1) is 6.92 Å². The van der Waals surface area contributed by atoms with E-state index >= 15 is 0 Å². The lowest BCUT2D eigenvalue weighted by molar-refractivity contribution is 0.888. The van der Waals surface area contributed by atoms with E-state index in [1.165, 1.54) is 11.3 Å². The zero-order valence-electron chi connectivity index (χ0n) is 7.20. The summed E-state index contributed by atoms with van der Waals surface area (Å²) in [7, 11) is 0. The van der Waals surface area contributed by atoms with E-state index < -0.39 is 0 Å². The van der Waals surface area contributed by atoms with Crippen LogP contribution in [0.2, 0.25) is 0 Å². The van der Waals surface area contributed by atoms with Gasteiger partial charge in [-0.25, -0.2) is 4.68 Å². The van der Waals surface area contributed by atoms with Gasteiger partial charge >= 0.3 is 0 Å². The minimum atomic E-state index is 1.13. The molecule has 0 bridgehead atoms. The standard InChI is InChI=1S/C10H12N2/c1-9-7-11-12(8-9)10-5-3-2-4-6-10/h3,5-8H,2,4H2,1H3. The van der Waals surface area contributed by atoms with Gasteiger partial charge in [0.05, 0.1) is 11.9 Å². The molecule has 0 saturated heterocycles. The second-order valence-corrected chi connectivity index (χ2v) is 3.07. The van der Waals surface area contributed by atoms with Crippen molar-refractivity contribution in [1.29, 1.82) is 0 Å². The zero-order chi connectivity index (χ0) is 8.39. The van der Waals surface area contributed by atoms with Crippen molar-refractivity contribution in [3.05, 3.63) is 36.2 Å². The molecule has 1 aliphatic carbocycles. The highest BCUT2D eigenvalue weighted by Crippen LogP contribution is 2.14. The summed E-state index contributed by atoms with van der Waals surface area (Å²) < 4.78 is 1.92. The van der Waals surface area contributed by atoms with Crippen LogP contribution in [0.4, 0.5) is 0 Å². The van der Waals surface area contributed by atoms with Crippen molar-refractivity contribution in [3.63, 3.8) is 0 Å². The number of aromatic nitrogens is 2. The summed E-state index contributed by atoms with van der Waals surface area (Å²) in [5.74, 6) is 0. The number of hydrogen-bond donors (Lipinski definition) is 0. The van der Waals surface area contributed by atoms with Gasteiger partial charge in [-0.05, 0) is 31.4 Å². The van der Waals surface area contributed by atoms with Crippen molar-refractivity contribution in [3.8, 4) is 0 Å². The van der Waals surface area contributed by atoms with Crippen molar-refractivity contribution < 1.29 is 0 Å². The number of nitrogens with zero attached hydrogens (tertiary/aromatic N) is 2. The normalized spacial score (nSPS) is 16.2. The Morgan fingerprint density at radius 1 is 1.42 bits per heavy atom. The molecule has 0 N–H and O–H groups in total. The van der Waals surface area contributed by atoms with Crippen molar-refractivity contribution >= 4 is 5.70 Å². The maximum absolute atomic E-state index is 4.24. The van der Waals surface area contributed by atoms with Gasteiger partial charge in [-0.15, -0.1) is 0 Å². The molecule has 0 radical (unpaired) electrons. The smallest absolute Gasteiger partial charge is 0.0602 e. The highest BCUT2D eigenvalue weighted by atomic mass is 15.3. The van der Waals surface area contributed by atoms with E-state index in [1.54, 1.807) is 0 Å². The molecule has 2 heteroatoms. The van der Waals surface area contributed by atoms with E-state index in [2.05, 4.69) is 30.3 Å². The minimum Gasteiger partial charge on any atom is -0.241 e.